The van der Waals surface area contributed by atoms with E-state index < -0.39 is 0 Å². The Bertz CT molecular complexity index is 6220. The van der Waals surface area contributed by atoms with Crippen LogP contribution in [0.15, 0.2) is 352 Å². The molecule has 0 unspecified atom stereocenters. The first kappa shape index (κ1) is 53.3. The van der Waals surface area contributed by atoms with Gasteiger partial charge in [-0.1, -0.05) is 224 Å². The smallest absolute Gasteiger partial charge is 0.0541 e. The number of hydrogen-bond donors (Lipinski definition) is 0. The summed E-state index contributed by atoms with van der Waals surface area (Å²) in [6, 6.07) is 128. The Morgan fingerprint density at radius 3 is 0.755 bits per heavy atom. The van der Waals surface area contributed by atoms with E-state index in [1.165, 1.54) is 170 Å². The van der Waals surface area contributed by atoms with Crippen molar-refractivity contribution in [2.24, 2.45) is 0 Å². The molecular formula is C90H58N4. The van der Waals surface area contributed by atoms with Crippen LogP contribution in [0.2, 0.25) is 0 Å². The third-order valence-electron chi connectivity index (χ3n) is 19.6. The second-order valence-electron chi connectivity index (χ2n) is 24.8. The molecule has 0 aliphatic rings. The van der Waals surface area contributed by atoms with E-state index in [9.17, 15) is 0 Å². The van der Waals surface area contributed by atoms with Gasteiger partial charge in [-0.05, 0) is 193 Å². The van der Waals surface area contributed by atoms with E-state index in [0.717, 1.165) is 5.69 Å². The van der Waals surface area contributed by atoms with Gasteiger partial charge in [-0.15, -0.1) is 0 Å². The van der Waals surface area contributed by atoms with Crippen LogP contribution in [0, 0.1) is 0 Å². The van der Waals surface area contributed by atoms with Crippen LogP contribution in [-0.2, 0) is 0 Å². The van der Waals surface area contributed by atoms with Gasteiger partial charge in [-0.2, -0.15) is 0 Å². The highest BCUT2D eigenvalue weighted by Gasteiger charge is 2.20. The average Bonchev–Trinajstić information content (AvgIpc) is 1.60. The maximum atomic E-state index is 2.40. The third kappa shape index (κ3) is 8.69. The fourth-order valence-electron chi connectivity index (χ4n) is 15.1. The molecule has 0 aliphatic carbocycles. The van der Waals surface area contributed by atoms with Crippen LogP contribution in [0.1, 0.15) is 0 Å². The molecule has 0 amide bonds. The number of benzene rings is 16. The van der Waals surface area contributed by atoms with Crippen molar-refractivity contribution in [1.29, 1.82) is 0 Å². The zero-order valence-electron chi connectivity index (χ0n) is 51.3. The summed E-state index contributed by atoms with van der Waals surface area (Å²) < 4.78 is 9.58. The minimum Gasteiger partial charge on any atom is -0.309 e. The van der Waals surface area contributed by atoms with Gasteiger partial charge in [0.2, 0.25) is 0 Å². The largest absolute Gasteiger partial charge is 0.309 e. The molecule has 438 valence electrons. The number of para-hydroxylation sites is 5. The van der Waals surface area contributed by atoms with Gasteiger partial charge < -0.3 is 18.3 Å². The first-order valence-electron chi connectivity index (χ1n) is 32.4. The van der Waals surface area contributed by atoms with Crippen LogP contribution in [0.4, 0.5) is 0 Å². The molecule has 0 saturated heterocycles. The third-order valence-corrected chi connectivity index (χ3v) is 19.6. The molecule has 0 aliphatic heterocycles. The van der Waals surface area contributed by atoms with Crippen molar-refractivity contribution in [3.05, 3.63) is 352 Å². The van der Waals surface area contributed by atoms with Crippen molar-refractivity contribution in [3.8, 4) is 56.1 Å². The molecule has 94 heavy (non-hydrogen) atoms. The highest BCUT2D eigenvalue weighted by atomic mass is 15.0. The van der Waals surface area contributed by atoms with Crippen LogP contribution >= 0.6 is 0 Å². The van der Waals surface area contributed by atoms with E-state index in [1.54, 1.807) is 0 Å². The molecule has 0 radical (unpaired) electrons. The standard InChI is InChI=1S/C46H30N2.C44H28N2/c1-2-12-37(13-3-1)47-43-16-8-6-14-39(43)41-29-35(22-26-45(41)47)36-23-27-46-42(30-36)40-15-7-9-17-44(40)48(46)38-24-20-32(21-25-38)34-19-18-31-10-4-5-11-33(31)28-34;1-3-11-31-25-35(21-17-29(31)9-1)45-41-15-7-5-13-37(41)39-27-33(19-23-43(39)45)34-20-24-44-40(28-34)38-14-6-8-16-42(38)46(44)36-22-18-30-10-2-4-12-32(30)26-36/h1-30H;1-28H. The highest BCUT2D eigenvalue weighted by molar-refractivity contribution is 6.15. The van der Waals surface area contributed by atoms with E-state index >= 15 is 0 Å². The number of nitrogens with zero attached hydrogens (tertiary/aromatic N) is 4. The summed E-state index contributed by atoms with van der Waals surface area (Å²) in [5, 5.41) is 17.6. The number of hydrogen-bond acceptors (Lipinski definition) is 0. The van der Waals surface area contributed by atoms with Crippen molar-refractivity contribution in [2.45, 2.75) is 0 Å². The van der Waals surface area contributed by atoms with Crippen molar-refractivity contribution in [2.75, 3.05) is 0 Å². The van der Waals surface area contributed by atoms with E-state index in [0.29, 0.717) is 0 Å². The van der Waals surface area contributed by atoms with Gasteiger partial charge in [0.25, 0.3) is 0 Å². The lowest BCUT2D eigenvalue weighted by Crippen LogP contribution is -1.94. The predicted molar refractivity (Wildman–Crippen MR) is 399 cm³/mol. The summed E-state index contributed by atoms with van der Waals surface area (Å²) in [6.07, 6.45) is 0. The maximum absolute atomic E-state index is 2.40. The first-order chi connectivity index (χ1) is 46.6. The lowest BCUT2D eigenvalue weighted by Gasteiger charge is -2.10. The van der Waals surface area contributed by atoms with Crippen molar-refractivity contribution >= 4 is 120 Å². The van der Waals surface area contributed by atoms with Gasteiger partial charge in [0.05, 0.1) is 44.1 Å². The number of fused-ring (bicyclic) bond motifs is 15. The fourth-order valence-corrected chi connectivity index (χ4v) is 15.1. The Morgan fingerprint density at radius 1 is 0.128 bits per heavy atom. The second-order valence-corrected chi connectivity index (χ2v) is 24.8. The normalized spacial score (nSPS) is 11.8. The Balaban J connectivity index is 0.000000134. The molecule has 0 bridgehead atoms. The predicted octanol–water partition coefficient (Wildman–Crippen LogP) is 24.2. The summed E-state index contributed by atoms with van der Waals surface area (Å²) in [6.45, 7) is 0. The van der Waals surface area contributed by atoms with Gasteiger partial charge in [-0.25, -0.2) is 0 Å². The van der Waals surface area contributed by atoms with E-state index in [2.05, 4.69) is 370 Å². The molecular weight excluding hydrogens is 1140 g/mol. The number of aromatic nitrogens is 4. The SMILES string of the molecule is c1ccc(-n2c3ccccc3c3cc(-c4ccc5c(c4)c4ccccc4n5-c4ccc(-c5ccc6ccccc6c5)cc4)ccc32)cc1.c1ccc2cc(-n3c4ccccc4c4cc(-c5ccc6c(c5)c5ccccc5n6-c5ccc6ccccc6c5)ccc43)ccc2c1. The van der Waals surface area contributed by atoms with Crippen LogP contribution in [0.5, 0.6) is 0 Å². The summed E-state index contributed by atoms with van der Waals surface area (Å²) >= 11 is 0. The molecule has 4 heterocycles. The van der Waals surface area contributed by atoms with Gasteiger partial charge in [0.15, 0.2) is 0 Å². The molecule has 0 fully saturated rings. The molecule has 0 N–H and O–H groups in total. The van der Waals surface area contributed by atoms with Crippen molar-refractivity contribution in [3.63, 3.8) is 0 Å². The zero-order valence-corrected chi connectivity index (χ0v) is 51.3. The molecule has 4 aromatic heterocycles. The molecule has 20 aromatic rings. The van der Waals surface area contributed by atoms with E-state index in [1.807, 2.05) is 0 Å². The summed E-state index contributed by atoms with van der Waals surface area (Å²) in [7, 11) is 0. The average molecular weight is 1200 g/mol. The summed E-state index contributed by atoms with van der Waals surface area (Å²) in [5.41, 5.74) is 21.8. The zero-order chi connectivity index (χ0) is 61.8. The Labute approximate surface area is 542 Å². The topological polar surface area (TPSA) is 19.7 Å². The molecule has 0 spiro atoms. The van der Waals surface area contributed by atoms with Crippen molar-refractivity contribution in [1.82, 2.24) is 18.3 Å². The summed E-state index contributed by atoms with van der Waals surface area (Å²) in [5.74, 6) is 0. The summed E-state index contributed by atoms with van der Waals surface area (Å²) in [4.78, 5) is 0. The minimum absolute atomic E-state index is 1.16. The fraction of sp³-hybridized carbons (Fsp3) is 0. The Kier molecular flexibility index (Phi) is 12.3. The molecule has 4 heteroatoms. The van der Waals surface area contributed by atoms with Crippen LogP contribution in [0.25, 0.3) is 176 Å². The van der Waals surface area contributed by atoms with Crippen LogP contribution in [-0.4, -0.2) is 18.3 Å². The molecule has 0 saturated carbocycles. The lowest BCUT2D eigenvalue weighted by atomic mass is 10.0. The van der Waals surface area contributed by atoms with Crippen LogP contribution < -0.4 is 0 Å². The number of rotatable bonds is 7. The Morgan fingerprint density at radius 2 is 0.372 bits per heavy atom. The monoisotopic (exact) mass is 1190 g/mol. The van der Waals surface area contributed by atoms with Crippen molar-refractivity contribution < 1.29 is 0 Å². The second kappa shape index (κ2) is 21.6. The molecule has 20 rings (SSSR count). The highest BCUT2D eigenvalue weighted by Crippen LogP contribution is 2.42. The van der Waals surface area contributed by atoms with E-state index in [-0.39, 0.29) is 0 Å². The van der Waals surface area contributed by atoms with E-state index in [4.69, 9.17) is 0 Å². The molecule has 0 atom stereocenters. The van der Waals surface area contributed by atoms with Gasteiger partial charge in [-0.3, -0.25) is 0 Å². The van der Waals surface area contributed by atoms with Gasteiger partial charge in [0, 0.05) is 65.8 Å². The Hall–Kier alpha value is -12.5. The van der Waals surface area contributed by atoms with Gasteiger partial charge in [0.1, 0.15) is 0 Å². The quantitative estimate of drug-likeness (QED) is 0.152. The first-order valence-corrected chi connectivity index (χ1v) is 32.4. The molecule has 4 nitrogen and oxygen atoms in total. The van der Waals surface area contributed by atoms with Crippen LogP contribution in [0.3, 0.4) is 0 Å². The molecule has 16 aromatic carbocycles. The maximum Gasteiger partial charge on any atom is 0.0541 e. The minimum atomic E-state index is 1.16. The lowest BCUT2D eigenvalue weighted by molar-refractivity contribution is 1.18. The van der Waals surface area contributed by atoms with Gasteiger partial charge >= 0.3 is 0 Å².